The maximum atomic E-state index is 14.1. The molecule has 9 aliphatic rings. The van der Waals surface area contributed by atoms with Crippen molar-refractivity contribution in [2.45, 2.75) is 214 Å². The van der Waals surface area contributed by atoms with Crippen molar-refractivity contribution in [3.63, 3.8) is 0 Å². The van der Waals surface area contributed by atoms with Gasteiger partial charge in [-0.05, 0) is 86.7 Å². The zero-order valence-electron chi connectivity index (χ0n) is 31.5. The van der Waals surface area contributed by atoms with Crippen molar-refractivity contribution in [3.8, 4) is 0 Å². The number of aliphatic hydroxyl groups is 1. The summed E-state index contributed by atoms with van der Waals surface area (Å²) in [4.78, 5) is 14.1. The number of hydrogen-bond acceptors (Lipinski definition) is 10. The first kappa shape index (κ1) is 36.4. The summed E-state index contributed by atoms with van der Waals surface area (Å²) in [5.41, 5.74) is 2.28. The standard InChI is InChI=1S/C42H62O10/c1-6-25(43)17-33-24(5)30-16-26(44)15-28-8-10-32-39(47-28)41-40-37(48-32)19-36-38(50-40)20-42(51-36,52-41)12-11-29-14-22(3)31(45-29)9-7-27-13-21(2)23(4)34(46-27)18-35(30)49-33/h21,24-25,27-41,43H,3-4,6-20H2,1-2,5H3/t21-,24-,25?,27+,28?,29+,30-,31+,32+,33?,34?,35+,36?,37+,38-,39+,40-,41+,42+/m1/s1. The minimum absolute atomic E-state index is 0.0132. The summed E-state index contributed by atoms with van der Waals surface area (Å²) in [7, 11) is 0. The van der Waals surface area contributed by atoms with Crippen molar-refractivity contribution in [1.82, 2.24) is 0 Å². The van der Waals surface area contributed by atoms with Crippen LogP contribution in [0.3, 0.4) is 0 Å². The average Bonchev–Trinajstić information content (AvgIpc) is 3.71. The third-order valence-electron chi connectivity index (χ3n) is 14.6. The first-order chi connectivity index (χ1) is 25.0. The summed E-state index contributed by atoms with van der Waals surface area (Å²) < 4.78 is 54.4. The Hall–Kier alpha value is -1.21. The molecule has 10 nitrogen and oxygen atoms in total. The molecule has 9 saturated heterocycles. The molecular formula is C42H62O10. The molecule has 0 aliphatic carbocycles. The molecule has 0 radical (unpaired) electrons. The lowest BCUT2D eigenvalue weighted by atomic mass is 9.78. The molecule has 9 heterocycles. The van der Waals surface area contributed by atoms with E-state index < -0.39 is 11.9 Å². The number of rotatable bonds is 3. The van der Waals surface area contributed by atoms with Crippen LogP contribution in [0.1, 0.15) is 117 Å². The highest BCUT2D eigenvalue weighted by Gasteiger charge is 2.64. The van der Waals surface area contributed by atoms with E-state index in [9.17, 15) is 9.90 Å². The number of carbonyl (C=O) groups is 1. The lowest BCUT2D eigenvalue weighted by molar-refractivity contribution is -0.366. The maximum absolute atomic E-state index is 14.1. The van der Waals surface area contributed by atoms with Crippen LogP contribution in [0.4, 0.5) is 0 Å². The Labute approximate surface area is 309 Å². The van der Waals surface area contributed by atoms with Gasteiger partial charge in [-0.2, -0.15) is 0 Å². The zero-order chi connectivity index (χ0) is 35.9. The number of fused-ring (bicyclic) bond motifs is 6. The van der Waals surface area contributed by atoms with Gasteiger partial charge in [0.1, 0.15) is 24.1 Å². The van der Waals surface area contributed by atoms with Crippen LogP contribution in [-0.2, 0) is 42.7 Å². The smallest absolute Gasteiger partial charge is 0.172 e. The third-order valence-corrected chi connectivity index (χ3v) is 14.6. The molecule has 9 rings (SSSR count). The topological polar surface area (TPSA) is 111 Å². The molecule has 0 saturated carbocycles. The summed E-state index contributed by atoms with van der Waals surface area (Å²) in [6.07, 6.45) is 9.02. The predicted molar refractivity (Wildman–Crippen MR) is 190 cm³/mol. The fourth-order valence-corrected chi connectivity index (χ4v) is 11.5. The number of carbonyl (C=O) groups excluding carboxylic acids is 1. The van der Waals surface area contributed by atoms with Gasteiger partial charge in [0.25, 0.3) is 0 Å². The van der Waals surface area contributed by atoms with Crippen LogP contribution >= 0.6 is 0 Å². The lowest BCUT2D eigenvalue weighted by Crippen LogP contribution is -2.67. The van der Waals surface area contributed by atoms with Crippen molar-refractivity contribution in [3.05, 3.63) is 24.3 Å². The van der Waals surface area contributed by atoms with Crippen molar-refractivity contribution in [1.29, 1.82) is 0 Å². The van der Waals surface area contributed by atoms with Gasteiger partial charge in [0.2, 0.25) is 0 Å². The van der Waals surface area contributed by atoms with Crippen LogP contribution in [0, 0.1) is 17.8 Å². The molecule has 9 aliphatic heterocycles. The van der Waals surface area contributed by atoms with Gasteiger partial charge in [-0.25, -0.2) is 0 Å². The highest BCUT2D eigenvalue weighted by Crippen LogP contribution is 2.52. The van der Waals surface area contributed by atoms with E-state index in [1.54, 1.807) is 0 Å². The van der Waals surface area contributed by atoms with Crippen LogP contribution in [0.2, 0.25) is 0 Å². The molecule has 10 heteroatoms. The van der Waals surface area contributed by atoms with Gasteiger partial charge in [-0.15, -0.1) is 0 Å². The molecule has 5 unspecified atom stereocenters. The Morgan fingerprint density at radius 1 is 0.731 bits per heavy atom. The molecule has 1 spiro atoms. The Kier molecular flexibility index (Phi) is 10.1. The molecule has 10 bridgehead atoms. The second-order valence-corrected chi connectivity index (χ2v) is 18.1. The molecule has 9 fully saturated rings. The fraction of sp³-hybridized carbons (Fsp3) is 0.881. The lowest BCUT2D eigenvalue weighted by Gasteiger charge is -2.54. The third kappa shape index (κ3) is 6.82. The SMILES string of the molecule is C=C1C2C[C@@H]3OC(CC(O)CC)[C@H](C)[C@H]3CC(=O)CC3CC[C@@H]4O[C@H]5CC6O[C@]7(CC[C@H]8CC(=C)[C@H](CC[C@@H](C[C@H]1C)O2)O8)C[C@H]6O[C@H]5[C@@H](O7)[C@H]4O3. The van der Waals surface area contributed by atoms with Crippen molar-refractivity contribution in [2.24, 2.45) is 17.8 Å². The van der Waals surface area contributed by atoms with Gasteiger partial charge in [-0.3, -0.25) is 4.79 Å². The molecule has 290 valence electrons. The van der Waals surface area contributed by atoms with Gasteiger partial charge in [0.05, 0.1) is 73.2 Å². The van der Waals surface area contributed by atoms with Gasteiger partial charge in [-0.1, -0.05) is 33.9 Å². The summed E-state index contributed by atoms with van der Waals surface area (Å²) >= 11 is 0. The molecule has 19 atom stereocenters. The molecule has 1 N–H and O–H groups in total. The average molecular weight is 727 g/mol. The minimum atomic E-state index is -0.744. The van der Waals surface area contributed by atoms with Gasteiger partial charge >= 0.3 is 0 Å². The summed E-state index contributed by atoms with van der Waals surface area (Å²) in [6, 6.07) is 0. The van der Waals surface area contributed by atoms with E-state index in [-0.39, 0.29) is 103 Å². The van der Waals surface area contributed by atoms with E-state index in [2.05, 4.69) is 27.0 Å². The van der Waals surface area contributed by atoms with E-state index in [0.29, 0.717) is 44.4 Å². The van der Waals surface area contributed by atoms with Crippen molar-refractivity contribution in [2.75, 3.05) is 0 Å². The highest BCUT2D eigenvalue weighted by atomic mass is 16.8. The largest absolute Gasteiger partial charge is 0.393 e. The van der Waals surface area contributed by atoms with Crippen LogP contribution in [0.5, 0.6) is 0 Å². The molecule has 0 aromatic carbocycles. The monoisotopic (exact) mass is 726 g/mol. The van der Waals surface area contributed by atoms with Gasteiger partial charge in [0.15, 0.2) is 5.79 Å². The number of Topliss-reactive ketones (excluding diaryl/α,β-unsaturated/α-hetero) is 1. The minimum Gasteiger partial charge on any atom is -0.393 e. The van der Waals surface area contributed by atoms with Crippen molar-refractivity contribution >= 4 is 5.78 Å². The molecular weight excluding hydrogens is 664 g/mol. The molecule has 0 amide bonds. The van der Waals surface area contributed by atoms with Crippen LogP contribution in [-0.4, -0.2) is 108 Å². The first-order valence-corrected chi connectivity index (χ1v) is 20.9. The number of ketones is 1. The van der Waals surface area contributed by atoms with Gasteiger partial charge in [0, 0.05) is 38.5 Å². The predicted octanol–water partition coefficient (Wildman–Crippen LogP) is 5.90. The normalized spacial score (nSPS) is 52.6. The molecule has 0 aromatic heterocycles. The highest BCUT2D eigenvalue weighted by molar-refractivity contribution is 5.79. The van der Waals surface area contributed by atoms with E-state index >= 15 is 0 Å². The Balaban J connectivity index is 0.988. The number of ether oxygens (including phenoxy) is 8. The quantitative estimate of drug-likeness (QED) is 0.353. The number of hydrogen-bond donors (Lipinski definition) is 1. The second-order valence-electron chi connectivity index (χ2n) is 18.1. The molecule has 0 aromatic rings. The summed E-state index contributed by atoms with van der Waals surface area (Å²) in [5.74, 6) is -0.0650. The van der Waals surface area contributed by atoms with Gasteiger partial charge < -0.3 is 43.0 Å². The summed E-state index contributed by atoms with van der Waals surface area (Å²) in [6.45, 7) is 15.4. The first-order valence-electron chi connectivity index (χ1n) is 20.9. The van der Waals surface area contributed by atoms with E-state index in [4.69, 9.17) is 37.9 Å². The van der Waals surface area contributed by atoms with E-state index in [1.807, 2.05) is 6.92 Å². The Morgan fingerprint density at radius 3 is 2.37 bits per heavy atom. The summed E-state index contributed by atoms with van der Waals surface area (Å²) in [5, 5.41) is 10.6. The fourth-order valence-electron chi connectivity index (χ4n) is 11.5. The number of aliphatic hydroxyl groups excluding tert-OH is 1. The van der Waals surface area contributed by atoms with Crippen LogP contribution in [0.15, 0.2) is 24.3 Å². The Bertz CT molecular complexity index is 1370. The van der Waals surface area contributed by atoms with Crippen LogP contribution in [0.25, 0.3) is 0 Å². The van der Waals surface area contributed by atoms with Crippen LogP contribution < -0.4 is 0 Å². The van der Waals surface area contributed by atoms with E-state index in [1.165, 1.54) is 0 Å². The molecule has 52 heavy (non-hydrogen) atoms. The second kappa shape index (κ2) is 14.4. The van der Waals surface area contributed by atoms with Crippen molar-refractivity contribution < 1.29 is 47.8 Å². The van der Waals surface area contributed by atoms with E-state index in [0.717, 1.165) is 68.9 Å². The zero-order valence-corrected chi connectivity index (χ0v) is 31.5. The maximum Gasteiger partial charge on any atom is 0.172 e. The Morgan fingerprint density at radius 2 is 1.52 bits per heavy atom.